The molecule has 3 aliphatic rings. The maximum absolute atomic E-state index is 13.0. The number of morpholine rings is 1. The molecule has 4 rings (SSSR count). The molecule has 0 spiro atoms. The van der Waals surface area contributed by atoms with Crippen LogP contribution in [-0.2, 0) is 44.7 Å². The quantitative estimate of drug-likeness (QED) is 0.0784. The van der Waals surface area contributed by atoms with Crippen molar-refractivity contribution < 1.29 is 43.1 Å². The number of hydrogen-bond acceptors (Lipinski definition) is 12. The highest BCUT2D eigenvalue weighted by Crippen LogP contribution is 2.35. The minimum absolute atomic E-state index is 0.155. The third-order valence-corrected chi connectivity index (χ3v) is 10.1. The fourth-order valence-corrected chi connectivity index (χ4v) is 7.48. The molecule has 1 saturated carbocycles. The fraction of sp³-hybridized carbons (Fsp3) is 0.811. The Morgan fingerprint density at radius 1 is 1.10 bits per heavy atom. The highest BCUT2D eigenvalue weighted by atomic mass is 17.0. The molecule has 3 fully saturated rings. The van der Waals surface area contributed by atoms with E-state index in [1.165, 1.54) is 0 Å². The Labute approximate surface area is 298 Å². The van der Waals surface area contributed by atoms with Crippen molar-refractivity contribution in [3.8, 4) is 0 Å². The molecule has 284 valence electrons. The van der Waals surface area contributed by atoms with Gasteiger partial charge in [-0.15, -0.1) is 10.1 Å². The number of ether oxygens (including phenoxy) is 6. The van der Waals surface area contributed by atoms with Crippen molar-refractivity contribution in [3.63, 3.8) is 0 Å². The average Bonchev–Trinajstić information content (AvgIpc) is 3.10. The molecule has 8 unspecified atom stereocenters. The molecule has 0 radical (unpaired) electrons. The summed E-state index contributed by atoms with van der Waals surface area (Å²) in [6.45, 7) is 13.6. The maximum Gasteiger partial charge on any atom is 0.306 e. The molecule has 13 nitrogen and oxygen atoms in total. The third kappa shape index (κ3) is 13.3. The number of methoxy groups -OCH3 is 1. The number of carbonyl (C=O) groups is 1. The van der Waals surface area contributed by atoms with E-state index < -0.39 is 17.3 Å². The molecule has 0 amide bonds. The van der Waals surface area contributed by atoms with Crippen molar-refractivity contribution in [1.29, 1.82) is 0 Å². The first-order chi connectivity index (χ1) is 24.3. The lowest BCUT2D eigenvalue weighted by molar-refractivity contribution is -0.767. The van der Waals surface area contributed by atoms with E-state index in [-0.39, 0.29) is 30.5 Å². The number of carbonyl (C=O) groups excluding carboxylic acids is 1. The lowest BCUT2D eigenvalue weighted by Crippen LogP contribution is -2.55. The maximum atomic E-state index is 13.0. The van der Waals surface area contributed by atoms with E-state index in [1.807, 2.05) is 6.92 Å². The van der Waals surface area contributed by atoms with E-state index in [0.717, 1.165) is 63.1 Å². The summed E-state index contributed by atoms with van der Waals surface area (Å²) in [4.78, 5) is 30.8. The van der Waals surface area contributed by atoms with Crippen LogP contribution in [0.15, 0.2) is 24.3 Å². The van der Waals surface area contributed by atoms with E-state index in [9.17, 15) is 14.9 Å². The molecule has 50 heavy (non-hydrogen) atoms. The van der Waals surface area contributed by atoms with Crippen LogP contribution in [0, 0.1) is 22.0 Å². The van der Waals surface area contributed by atoms with Gasteiger partial charge in [0.25, 0.3) is 5.09 Å². The standard InChI is InChI=1S/C37H61N3O10/c1-5-45-23-27(2)24-46-25-29-10-13-31(14-11-29)37-34(21-38-22-35(37)49-36(41)9-6-8-28(3)50-40(42)43)48-26-30-12-15-33-32(20-30)39(17-19-47-33)16-7-18-44-4/h10-11,13-14,27-28,30,32-35,37-38H,5-9,12,15-26H2,1-4H3. The largest absolute Gasteiger partial charge is 0.460 e. The van der Waals surface area contributed by atoms with Crippen molar-refractivity contribution in [1.82, 2.24) is 10.2 Å². The van der Waals surface area contributed by atoms with Gasteiger partial charge in [0.05, 0.1) is 38.6 Å². The van der Waals surface area contributed by atoms with Crippen LogP contribution in [0.3, 0.4) is 0 Å². The molecule has 8 atom stereocenters. The zero-order valence-electron chi connectivity index (χ0n) is 30.6. The summed E-state index contributed by atoms with van der Waals surface area (Å²) >= 11 is 0. The van der Waals surface area contributed by atoms with E-state index in [0.29, 0.717) is 76.8 Å². The second-order valence-electron chi connectivity index (χ2n) is 14.2. The van der Waals surface area contributed by atoms with Gasteiger partial charge in [-0.2, -0.15) is 0 Å². The van der Waals surface area contributed by atoms with Gasteiger partial charge in [0.1, 0.15) is 12.2 Å². The van der Waals surface area contributed by atoms with Gasteiger partial charge in [0, 0.05) is 77.4 Å². The molecule has 0 aromatic heterocycles. The summed E-state index contributed by atoms with van der Waals surface area (Å²) in [7, 11) is 1.75. The van der Waals surface area contributed by atoms with Gasteiger partial charge in [0.2, 0.25) is 0 Å². The summed E-state index contributed by atoms with van der Waals surface area (Å²) in [5.74, 6) is 0.254. The van der Waals surface area contributed by atoms with Gasteiger partial charge in [-0.1, -0.05) is 31.2 Å². The lowest BCUT2D eigenvalue weighted by Gasteiger charge is -2.46. The van der Waals surface area contributed by atoms with Gasteiger partial charge in [-0.05, 0) is 69.4 Å². The fourth-order valence-electron chi connectivity index (χ4n) is 7.48. The van der Waals surface area contributed by atoms with Gasteiger partial charge >= 0.3 is 5.97 Å². The van der Waals surface area contributed by atoms with Crippen LogP contribution >= 0.6 is 0 Å². The Morgan fingerprint density at radius 3 is 2.64 bits per heavy atom. The second-order valence-corrected chi connectivity index (χ2v) is 14.2. The summed E-state index contributed by atoms with van der Waals surface area (Å²) < 4.78 is 35.8. The normalized spacial score (nSPS) is 26.9. The first-order valence-electron chi connectivity index (χ1n) is 18.7. The topological polar surface area (TPSA) is 140 Å². The van der Waals surface area contributed by atoms with Crippen LogP contribution in [0.2, 0.25) is 0 Å². The Bertz CT molecular complexity index is 1130. The molecule has 2 heterocycles. The van der Waals surface area contributed by atoms with Gasteiger partial charge < -0.3 is 38.6 Å². The highest BCUT2D eigenvalue weighted by molar-refractivity contribution is 5.69. The molecule has 1 N–H and O–H groups in total. The number of esters is 1. The van der Waals surface area contributed by atoms with E-state index in [1.54, 1.807) is 14.0 Å². The van der Waals surface area contributed by atoms with E-state index >= 15 is 0 Å². The van der Waals surface area contributed by atoms with Gasteiger partial charge in [0.15, 0.2) is 0 Å². The van der Waals surface area contributed by atoms with Crippen LogP contribution < -0.4 is 5.32 Å². The summed E-state index contributed by atoms with van der Waals surface area (Å²) in [5, 5.41) is 13.3. The number of nitrogens with one attached hydrogen (secondary N) is 1. The van der Waals surface area contributed by atoms with E-state index in [4.69, 9.17) is 28.4 Å². The Balaban J connectivity index is 1.39. The molecule has 13 heteroatoms. The predicted octanol–water partition coefficient (Wildman–Crippen LogP) is 4.53. The highest BCUT2D eigenvalue weighted by Gasteiger charge is 2.40. The molecule has 1 aromatic carbocycles. The summed E-state index contributed by atoms with van der Waals surface area (Å²) in [6.07, 6.45) is 4.22. The van der Waals surface area contributed by atoms with Crippen molar-refractivity contribution in [2.75, 3.05) is 72.9 Å². The lowest BCUT2D eigenvalue weighted by atomic mass is 9.82. The smallest absolute Gasteiger partial charge is 0.306 e. The average molecular weight is 708 g/mol. The minimum Gasteiger partial charge on any atom is -0.460 e. The van der Waals surface area contributed by atoms with Crippen LogP contribution in [-0.4, -0.2) is 119 Å². The van der Waals surface area contributed by atoms with Gasteiger partial charge in [-0.25, -0.2) is 0 Å². The monoisotopic (exact) mass is 707 g/mol. The first-order valence-corrected chi connectivity index (χ1v) is 18.7. The Hall–Kier alpha value is -2.39. The molecular weight excluding hydrogens is 646 g/mol. The number of fused-ring (bicyclic) bond motifs is 1. The zero-order chi connectivity index (χ0) is 35.7. The first kappa shape index (κ1) is 40.4. The van der Waals surface area contributed by atoms with Crippen molar-refractivity contribution in [2.45, 2.75) is 109 Å². The molecule has 1 aromatic rings. The second kappa shape index (κ2) is 21.9. The molecule has 2 saturated heterocycles. The van der Waals surface area contributed by atoms with Crippen molar-refractivity contribution in [2.24, 2.45) is 11.8 Å². The molecular formula is C37H61N3O10. The van der Waals surface area contributed by atoms with Crippen LogP contribution in [0.4, 0.5) is 0 Å². The summed E-state index contributed by atoms with van der Waals surface area (Å²) in [5.41, 5.74) is 2.13. The minimum atomic E-state index is -0.796. The SMILES string of the molecule is CCOCC(C)COCc1ccc(C2C(OCC3CCC4OCCN(CCCOC)C4C3)CNCC2OC(=O)CCCC(C)O[N+](=O)[O-])cc1. The summed E-state index contributed by atoms with van der Waals surface area (Å²) in [6, 6.07) is 8.77. The third-order valence-electron chi connectivity index (χ3n) is 10.1. The number of piperidine rings is 1. The zero-order valence-corrected chi connectivity index (χ0v) is 30.6. The number of nitrogens with zero attached hydrogens (tertiary/aromatic N) is 2. The number of hydrogen-bond donors (Lipinski definition) is 1. The Kier molecular flexibility index (Phi) is 17.6. The van der Waals surface area contributed by atoms with Crippen LogP contribution in [0.5, 0.6) is 0 Å². The van der Waals surface area contributed by atoms with E-state index in [2.05, 4.69) is 46.2 Å². The number of rotatable bonds is 22. The van der Waals surface area contributed by atoms with Crippen molar-refractivity contribution >= 4 is 5.97 Å². The molecule has 2 aliphatic heterocycles. The number of benzene rings is 1. The van der Waals surface area contributed by atoms with Gasteiger partial charge in [-0.3, -0.25) is 9.69 Å². The molecule has 1 aliphatic carbocycles. The Morgan fingerprint density at radius 2 is 1.88 bits per heavy atom. The van der Waals surface area contributed by atoms with Crippen molar-refractivity contribution in [3.05, 3.63) is 45.5 Å². The predicted molar refractivity (Wildman–Crippen MR) is 187 cm³/mol. The van der Waals surface area contributed by atoms with Crippen LogP contribution in [0.25, 0.3) is 0 Å². The van der Waals surface area contributed by atoms with Crippen LogP contribution in [0.1, 0.15) is 82.8 Å². The molecule has 0 bridgehead atoms.